The molecular weight excluding hydrogens is 350 g/mol. The van der Waals surface area contributed by atoms with Crippen LogP contribution in [0.1, 0.15) is 17.3 Å². The number of nitrogens with zero attached hydrogens (tertiary/aromatic N) is 1. The molecule has 2 heterocycles. The highest BCUT2D eigenvalue weighted by atomic mass is 32.2. The molecule has 1 saturated heterocycles. The van der Waals surface area contributed by atoms with Gasteiger partial charge in [-0.15, -0.1) is 11.3 Å². The van der Waals surface area contributed by atoms with Crippen LogP contribution in [0.25, 0.3) is 10.4 Å². The fourth-order valence-electron chi connectivity index (χ4n) is 2.43. The van der Waals surface area contributed by atoms with E-state index < -0.39 is 22.2 Å². The van der Waals surface area contributed by atoms with Crippen LogP contribution < -0.4 is 9.44 Å². The zero-order valence-corrected chi connectivity index (χ0v) is 15.4. The lowest BCUT2D eigenvalue weighted by atomic mass is 10.1. The fraction of sp³-hybridized carbons (Fsp3) is 0.333. The Balaban J connectivity index is 1.74. The molecule has 0 radical (unpaired) electrons. The average molecular weight is 370 g/mol. The SMILES string of the molecule is CN1CC[C@@H](c2ccc(-c3ccc(NS(C)=O)cc3)s2)NS1=O. The van der Waals surface area contributed by atoms with Crippen LogP contribution in [-0.4, -0.2) is 32.6 Å². The van der Waals surface area contributed by atoms with Crippen molar-refractivity contribution in [3.05, 3.63) is 41.3 Å². The number of thiophene rings is 1. The van der Waals surface area contributed by atoms with Gasteiger partial charge < -0.3 is 4.72 Å². The number of hydrogen-bond donors (Lipinski definition) is 2. The van der Waals surface area contributed by atoms with Crippen LogP contribution in [-0.2, 0) is 22.2 Å². The van der Waals surface area contributed by atoms with E-state index in [9.17, 15) is 8.42 Å². The minimum absolute atomic E-state index is 0.147. The summed E-state index contributed by atoms with van der Waals surface area (Å²) in [7, 11) is 0.797. The maximum Gasteiger partial charge on any atom is 0.170 e. The number of anilines is 1. The first-order chi connectivity index (χ1) is 11.0. The van der Waals surface area contributed by atoms with Crippen molar-refractivity contribution in [1.29, 1.82) is 0 Å². The summed E-state index contributed by atoms with van der Waals surface area (Å²) >= 11 is 0.613. The van der Waals surface area contributed by atoms with Crippen LogP contribution in [0.3, 0.4) is 0 Å². The van der Waals surface area contributed by atoms with Gasteiger partial charge in [-0.1, -0.05) is 12.1 Å². The molecule has 0 spiro atoms. The molecule has 23 heavy (non-hydrogen) atoms. The van der Waals surface area contributed by atoms with Crippen molar-refractivity contribution < 1.29 is 8.42 Å². The zero-order valence-electron chi connectivity index (χ0n) is 12.9. The highest BCUT2D eigenvalue weighted by molar-refractivity contribution is 7.85. The topological polar surface area (TPSA) is 61.4 Å². The second-order valence-corrected chi connectivity index (χ2v) is 8.98. The minimum Gasteiger partial charge on any atom is -0.305 e. The molecule has 1 aromatic carbocycles. The quantitative estimate of drug-likeness (QED) is 0.870. The van der Waals surface area contributed by atoms with Gasteiger partial charge in [0.25, 0.3) is 0 Å². The molecule has 0 aliphatic carbocycles. The van der Waals surface area contributed by atoms with Crippen molar-refractivity contribution in [3.8, 4) is 10.4 Å². The molecule has 3 atom stereocenters. The number of nitrogens with one attached hydrogen (secondary N) is 2. The third-order valence-corrected chi connectivity index (χ3v) is 6.67. The fourth-order valence-corrected chi connectivity index (χ4v) is 5.01. The van der Waals surface area contributed by atoms with Crippen LogP contribution in [0.2, 0.25) is 0 Å². The van der Waals surface area contributed by atoms with Gasteiger partial charge in [-0.3, -0.25) is 0 Å². The Morgan fingerprint density at radius 1 is 1.30 bits per heavy atom. The maximum absolute atomic E-state index is 11.9. The predicted molar refractivity (Wildman–Crippen MR) is 98.7 cm³/mol. The molecule has 1 aliphatic rings. The minimum atomic E-state index is -1.11. The van der Waals surface area contributed by atoms with Crippen molar-refractivity contribution in [2.45, 2.75) is 12.5 Å². The predicted octanol–water partition coefficient (Wildman–Crippen LogP) is 2.67. The van der Waals surface area contributed by atoms with Crippen molar-refractivity contribution in [2.24, 2.45) is 0 Å². The van der Waals surface area contributed by atoms with Gasteiger partial charge in [0, 0.05) is 35.3 Å². The normalized spacial score (nSPS) is 23.6. The largest absolute Gasteiger partial charge is 0.305 e. The Morgan fingerprint density at radius 3 is 2.70 bits per heavy atom. The summed E-state index contributed by atoms with van der Waals surface area (Å²) < 4.78 is 30.9. The third-order valence-electron chi connectivity index (χ3n) is 3.66. The number of rotatable bonds is 4. The van der Waals surface area contributed by atoms with E-state index >= 15 is 0 Å². The van der Waals surface area contributed by atoms with E-state index in [1.165, 1.54) is 9.75 Å². The lowest BCUT2D eigenvalue weighted by molar-refractivity contribution is 0.421. The summed E-state index contributed by atoms with van der Waals surface area (Å²) in [5.74, 6) is 0. The van der Waals surface area contributed by atoms with Gasteiger partial charge in [0.1, 0.15) is 11.0 Å². The molecule has 8 heteroatoms. The number of benzene rings is 1. The molecule has 3 rings (SSSR count). The molecule has 124 valence electrons. The standard InChI is InChI=1S/C15H19N3O2S3/c1-18-10-9-13(17-23(18)20)15-8-7-14(21-15)11-3-5-12(6-4-11)16-22(2)19/h3-8,13,16-17H,9-10H2,1-2H3/t13-,22?,23?/m0/s1. The Labute approximate surface area is 145 Å². The lowest BCUT2D eigenvalue weighted by Gasteiger charge is -2.28. The Morgan fingerprint density at radius 2 is 2.04 bits per heavy atom. The molecule has 2 aromatic rings. The van der Waals surface area contributed by atoms with Gasteiger partial charge in [-0.25, -0.2) is 17.4 Å². The summed E-state index contributed by atoms with van der Waals surface area (Å²) in [6.45, 7) is 0.825. The van der Waals surface area contributed by atoms with Crippen LogP contribution >= 0.6 is 11.3 Å². The summed E-state index contributed by atoms with van der Waals surface area (Å²) in [6.07, 6.45) is 2.56. The highest BCUT2D eigenvalue weighted by Gasteiger charge is 2.24. The maximum atomic E-state index is 11.9. The second-order valence-electron chi connectivity index (χ2n) is 5.40. The molecule has 0 amide bonds. The molecule has 2 unspecified atom stereocenters. The molecular formula is C15H19N3O2S3. The third kappa shape index (κ3) is 4.07. The van der Waals surface area contributed by atoms with Crippen LogP contribution in [0.15, 0.2) is 36.4 Å². The molecule has 2 N–H and O–H groups in total. The van der Waals surface area contributed by atoms with E-state index in [-0.39, 0.29) is 6.04 Å². The van der Waals surface area contributed by atoms with E-state index in [1.807, 2.05) is 35.6 Å². The van der Waals surface area contributed by atoms with E-state index in [4.69, 9.17) is 0 Å². The lowest BCUT2D eigenvalue weighted by Crippen LogP contribution is -2.41. The molecule has 1 fully saturated rings. The van der Waals surface area contributed by atoms with E-state index in [1.54, 1.807) is 17.6 Å². The van der Waals surface area contributed by atoms with Gasteiger partial charge >= 0.3 is 0 Å². The Hall–Kier alpha value is -1.06. The van der Waals surface area contributed by atoms with Crippen molar-refractivity contribution in [1.82, 2.24) is 9.03 Å². The summed E-state index contributed by atoms with van der Waals surface area (Å²) in [5.41, 5.74) is 1.97. The summed E-state index contributed by atoms with van der Waals surface area (Å²) in [5, 5.41) is 0. The number of hydrogen-bond acceptors (Lipinski definition) is 3. The summed E-state index contributed by atoms with van der Waals surface area (Å²) in [6, 6.07) is 12.2. The Bertz CT molecular complexity index is 730. The van der Waals surface area contributed by atoms with Gasteiger partial charge in [0.2, 0.25) is 0 Å². The molecule has 0 bridgehead atoms. The van der Waals surface area contributed by atoms with Gasteiger partial charge in [-0.2, -0.15) is 0 Å². The van der Waals surface area contributed by atoms with Crippen molar-refractivity contribution >= 4 is 39.2 Å². The van der Waals surface area contributed by atoms with Crippen LogP contribution in [0.4, 0.5) is 5.69 Å². The zero-order chi connectivity index (χ0) is 16.4. The molecule has 0 saturated carbocycles. The monoisotopic (exact) mass is 369 g/mol. The van der Waals surface area contributed by atoms with Crippen LogP contribution in [0, 0.1) is 0 Å². The van der Waals surface area contributed by atoms with Crippen molar-refractivity contribution in [3.63, 3.8) is 0 Å². The van der Waals surface area contributed by atoms with Gasteiger partial charge in [0.15, 0.2) is 11.2 Å². The molecule has 1 aliphatic heterocycles. The Kier molecular flexibility index (Phi) is 5.27. The molecule has 5 nitrogen and oxygen atoms in total. The van der Waals surface area contributed by atoms with Crippen molar-refractivity contribution in [2.75, 3.05) is 24.6 Å². The second kappa shape index (κ2) is 7.23. The van der Waals surface area contributed by atoms with Crippen LogP contribution in [0.5, 0.6) is 0 Å². The first-order valence-corrected chi connectivity index (χ1v) is 10.7. The van der Waals surface area contributed by atoms with E-state index in [0.717, 1.165) is 24.2 Å². The van der Waals surface area contributed by atoms with Gasteiger partial charge in [-0.05, 0) is 36.2 Å². The first-order valence-electron chi connectivity index (χ1n) is 7.22. The summed E-state index contributed by atoms with van der Waals surface area (Å²) in [4.78, 5) is 2.38. The molecule has 1 aromatic heterocycles. The average Bonchev–Trinajstić information content (AvgIpc) is 3.00. The highest BCUT2D eigenvalue weighted by Crippen LogP contribution is 2.34. The smallest absolute Gasteiger partial charge is 0.170 e. The first kappa shape index (κ1) is 16.8. The van der Waals surface area contributed by atoms with E-state index in [0.29, 0.717) is 0 Å². The van der Waals surface area contributed by atoms with E-state index in [2.05, 4.69) is 21.6 Å². The van der Waals surface area contributed by atoms with Gasteiger partial charge in [0.05, 0.1) is 6.04 Å².